The van der Waals surface area contributed by atoms with Gasteiger partial charge in [-0.05, 0) is 62.2 Å². The highest BCUT2D eigenvalue weighted by atomic mass is 35.5. The minimum absolute atomic E-state index is 0.0478. The molecular formula is C31H30ClN5O3. The van der Waals surface area contributed by atoms with Gasteiger partial charge in [-0.3, -0.25) is 14.5 Å². The summed E-state index contributed by atoms with van der Waals surface area (Å²) in [6, 6.07) is 21.6. The van der Waals surface area contributed by atoms with E-state index in [-0.39, 0.29) is 23.9 Å². The van der Waals surface area contributed by atoms with Gasteiger partial charge in [0.1, 0.15) is 11.3 Å². The lowest BCUT2D eigenvalue weighted by Crippen LogP contribution is -2.53. The van der Waals surface area contributed by atoms with Gasteiger partial charge in [-0.1, -0.05) is 53.2 Å². The van der Waals surface area contributed by atoms with Crippen LogP contribution in [0.2, 0.25) is 5.02 Å². The van der Waals surface area contributed by atoms with Crippen LogP contribution in [0.5, 0.6) is 0 Å². The van der Waals surface area contributed by atoms with Crippen LogP contribution in [0.3, 0.4) is 0 Å². The van der Waals surface area contributed by atoms with E-state index in [1.165, 1.54) is 0 Å². The molecule has 1 aromatic heterocycles. The van der Waals surface area contributed by atoms with Crippen molar-refractivity contribution in [2.45, 2.75) is 32.9 Å². The second-order valence-electron chi connectivity index (χ2n) is 10.4. The van der Waals surface area contributed by atoms with Crippen LogP contribution in [-0.2, 0) is 0 Å². The van der Waals surface area contributed by atoms with Crippen LogP contribution in [-0.4, -0.2) is 47.5 Å². The molecule has 2 aliphatic heterocycles. The van der Waals surface area contributed by atoms with Crippen molar-refractivity contribution in [2.75, 3.05) is 35.2 Å². The number of aromatic nitrogens is 1. The van der Waals surface area contributed by atoms with Crippen molar-refractivity contribution >= 4 is 40.5 Å². The summed E-state index contributed by atoms with van der Waals surface area (Å²) in [5.41, 5.74) is 6.17. The number of aryl methyl sites for hydroxylation is 2. The molecule has 2 aliphatic rings. The first-order valence-electron chi connectivity index (χ1n) is 13.4. The van der Waals surface area contributed by atoms with Gasteiger partial charge in [0.15, 0.2) is 0 Å². The Kier molecular flexibility index (Phi) is 6.82. The highest BCUT2D eigenvalue weighted by molar-refractivity contribution is 6.33. The topological polar surface area (TPSA) is 90.7 Å². The quantitative estimate of drug-likeness (QED) is 0.318. The monoisotopic (exact) mass is 555 g/mol. The lowest BCUT2D eigenvalue weighted by atomic mass is 9.92. The smallest absolute Gasteiger partial charge is 0.261 e. The fraction of sp³-hybridized carbons (Fsp3) is 0.258. The van der Waals surface area contributed by atoms with Gasteiger partial charge in [-0.2, -0.15) is 0 Å². The van der Waals surface area contributed by atoms with Crippen molar-refractivity contribution in [3.05, 3.63) is 105 Å². The molecule has 8 nitrogen and oxygen atoms in total. The molecule has 3 aromatic carbocycles. The predicted octanol–water partition coefficient (Wildman–Crippen LogP) is 6.06. The Morgan fingerprint density at radius 3 is 2.52 bits per heavy atom. The number of nitrogens with one attached hydrogen (secondary N) is 2. The lowest BCUT2D eigenvalue weighted by Gasteiger charge is -2.45. The molecule has 1 saturated heterocycles. The van der Waals surface area contributed by atoms with Crippen molar-refractivity contribution in [3.8, 4) is 0 Å². The van der Waals surface area contributed by atoms with Gasteiger partial charge in [0.25, 0.3) is 11.8 Å². The molecule has 1 fully saturated rings. The molecule has 1 unspecified atom stereocenters. The summed E-state index contributed by atoms with van der Waals surface area (Å²) in [4.78, 5) is 30.6. The zero-order chi connectivity index (χ0) is 28.0. The molecule has 40 heavy (non-hydrogen) atoms. The Morgan fingerprint density at radius 1 is 1.05 bits per heavy atom. The molecule has 0 saturated carbocycles. The van der Waals surface area contributed by atoms with Gasteiger partial charge >= 0.3 is 0 Å². The largest absolute Gasteiger partial charge is 0.365 e. The first-order chi connectivity index (χ1) is 19.3. The molecule has 0 aliphatic carbocycles. The number of rotatable bonds is 4. The molecule has 0 spiro atoms. The lowest BCUT2D eigenvalue weighted by molar-refractivity contribution is 0.101. The molecule has 2 amide bonds. The highest BCUT2D eigenvalue weighted by Gasteiger charge is 2.35. The van der Waals surface area contributed by atoms with Gasteiger partial charge in [0, 0.05) is 42.6 Å². The van der Waals surface area contributed by atoms with E-state index in [0.717, 1.165) is 42.1 Å². The third kappa shape index (κ3) is 4.63. The van der Waals surface area contributed by atoms with Crippen molar-refractivity contribution in [1.29, 1.82) is 0 Å². The SMILES string of the molecule is Cc1noc(C)c1C(=O)Nc1ccc(N2CCN(C3c4ccccc4NC(=O)c4ccccc43)C[C@H]2C)c(Cl)c1. The molecule has 6 rings (SSSR count). The number of halogens is 1. The average molecular weight is 556 g/mol. The number of nitrogens with zero attached hydrogens (tertiary/aromatic N) is 3. The molecule has 2 N–H and O–H groups in total. The molecular weight excluding hydrogens is 526 g/mol. The average Bonchev–Trinajstić information content (AvgIpc) is 3.21. The maximum absolute atomic E-state index is 13.0. The Balaban J connectivity index is 1.23. The summed E-state index contributed by atoms with van der Waals surface area (Å²) in [5, 5.41) is 10.4. The zero-order valence-corrected chi connectivity index (χ0v) is 23.3. The Morgan fingerprint density at radius 2 is 1.80 bits per heavy atom. The fourth-order valence-electron chi connectivity index (χ4n) is 5.94. The Bertz CT molecular complexity index is 1600. The van der Waals surface area contributed by atoms with E-state index < -0.39 is 0 Å². The van der Waals surface area contributed by atoms with Crippen molar-refractivity contribution in [2.24, 2.45) is 0 Å². The number of benzene rings is 3. The molecule has 0 radical (unpaired) electrons. The maximum atomic E-state index is 13.0. The number of carbonyl (C=O) groups is 2. The molecule has 4 aromatic rings. The van der Waals surface area contributed by atoms with Crippen LogP contribution in [0.15, 0.2) is 71.3 Å². The van der Waals surface area contributed by atoms with Crippen LogP contribution in [0.4, 0.5) is 17.1 Å². The summed E-state index contributed by atoms with van der Waals surface area (Å²) >= 11 is 6.77. The van der Waals surface area contributed by atoms with E-state index in [0.29, 0.717) is 33.3 Å². The van der Waals surface area contributed by atoms with E-state index >= 15 is 0 Å². The van der Waals surface area contributed by atoms with Crippen LogP contribution >= 0.6 is 11.6 Å². The van der Waals surface area contributed by atoms with Crippen LogP contribution in [0.1, 0.15) is 56.3 Å². The van der Waals surface area contributed by atoms with Gasteiger partial charge in [0.2, 0.25) is 0 Å². The number of fused-ring (bicyclic) bond motifs is 2. The number of para-hydroxylation sites is 1. The highest BCUT2D eigenvalue weighted by Crippen LogP contribution is 2.40. The van der Waals surface area contributed by atoms with Crippen LogP contribution in [0.25, 0.3) is 0 Å². The van der Waals surface area contributed by atoms with E-state index in [1.807, 2.05) is 48.5 Å². The van der Waals surface area contributed by atoms with Gasteiger partial charge in [-0.25, -0.2) is 0 Å². The number of amides is 2. The Labute approximate surface area is 237 Å². The molecule has 9 heteroatoms. The summed E-state index contributed by atoms with van der Waals surface area (Å²) in [6.07, 6.45) is 0. The number of piperazine rings is 1. The van der Waals surface area contributed by atoms with Gasteiger partial charge in [0.05, 0.1) is 22.4 Å². The van der Waals surface area contributed by atoms with Crippen LogP contribution < -0.4 is 15.5 Å². The van der Waals surface area contributed by atoms with Gasteiger partial charge in [-0.15, -0.1) is 0 Å². The fourth-order valence-corrected chi connectivity index (χ4v) is 6.23. The number of hydrogen-bond donors (Lipinski definition) is 2. The maximum Gasteiger partial charge on any atom is 0.261 e. The van der Waals surface area contributed by atoms with E-state index in [1.54, 1.807) is 19.9 Å². The third-order valence-electron chi connectivity index (χ3n) is 7.80. The summed E-state index contributed by atoms with van der Waals surface area (Å²) in [7, 11) is 0. The molecule has 3 heterocycles. The zero-order valence-electron chi connectivity index (χ0n) is 22.6. The van der Waals surface area contributed by atoms with Gasteiger partial charge < -0.3 is 20.1 Å². The van der Waals surface area contributed by atoms with Crippen molar-refractivity contribution in [3.63, 3.8) is 0 Å². The predicted molar refractivity (Wildman–Crippen MR) is 156 cm³/mol. The third-order valence-corrected chi connectivity index (χ3v) is 8.11. The number of anilines is 3. The van der Waals surface area contributed by atoms with E-state index in [4.69, 9.17) is 16.1 Å². The normalized spacial score (nSPS) is 18.9. The minimum Gasteiger partial charge on any atom is -0.365 e. The standard InChI is InChI=1S/C31H30ClN5O3/c1-18-17-36(29-22-8-4-5-9-23(22)30(38)34-26-11-7-6-10-24(26)29)14-15-37(18)27-13-12-21(16-25(27)32)33-31(39)28-19(2)35-40-20(28)3/h4-13,16,18,29H,14-15,17H2,1-3H3,(H,33,39)(H,34,38)/t18-,29?/m1/s1. The van der Waals surface area contributed by atoms with E-state index in [2.05, 4.69) is 44.6 Å². The van der Waals surface area contributed by atoms with Crippen molar-refractivity contribution < 1.29 is 14.1 Å². The summed E-state index contributed by atoms with van der Waals surface area (Å²) in [6.45, 7) is 7.96. The number of carbonyl (C=O) groups excluding carboxylic acids is 2. The second-order valence-corrected chi connectivity index (χ2v) is 10.8. The summed E-state index contributed by atoms with van der Waals surface area (Å²) < 4.78 is 5.12. The Hall–Kier alpha value is -4.14. The first-order valence-corrected chi connectivity index (χ1v) is 13.7. The minimum atomic E-state index is -0.279. The van der Waals surface area contributed by atoms with Crippen LogP contribution in [0, 0.1) is 13.8 Å². The second kappa shape index (κ2) is 10.4. The number of hydrogen-bond acceptors (Lipinski definition) is 6. The first kappa shape index (κ1) is 26.1. The molecule has 0 bridgehead atoms. The van der Waals surface area contributed by atoms with E-state index in [9.17, 15) is 9.59 Å². The summed E-state index contributed by atoms with van der Waals surface area (Å²) in [5.74, 6) is 0.119. The molecule has 2 atom stereocenters. The molecule has 204 valence electrons. The van der Waals surface area contributed by atoms with Crippen molar-refractivity contribution in [1.82, 2.24) is 10.1 Å².